The van der Waals surface area contributed by atoms with Crippen LogP contribution in [0.1, 0.15) is 26.3 Å². The third kappa shape index (κ3) is 7.60. The number of hydrogen-bond acceptors (Lipinski definition) is 4. The summed E-state index contributed by atoms with van der Waals surface area (Å²) in [6, 6.07) is 101. The summed E-state index contributed by atoms with van der Waals surface area (Å²) in [5, 5.41) is 5.23. The van der Waals surface area contributed by atoms with E-state index in [1.807, 2.05) is 22.7 Å². The first-order chi connectivity index (χ1) is 39.8. The van der Waals surface area contributed by atoms with Crippen LogP contribution in [0, 0.1) is 0 Å². The second-order valence-corrected chi connectivity index (χ2v) is 24.9. The van der Waals surface area contributed by atoms with E-state index in [0.717, 1.165) is 11.4 Å². The molecule has 2 aromatic heterocycles. The number of fused-ring (bicyclic) bond motifs is 10. The summed E-state index contributed by atoms with van der Waals surface area (Å²) in [7, 11) is 0. The van der Waals surface area contributed by atoms with E-state index >= 15 is 0 Å². The van der Waals surface area contributed by atoms with E-state index < -0.39 is 0 Å². The van der Waals surface area contributed by atoms with E-state index in [0.29, 0.717) is 0 Å². The van der Waals surface area contributed by atoms with Crippen LogP contribution in [-0.4, -0.2) is 6.71 Å². The van der Waals surface area contributed by atoms with E-state index in [2.05, 4.69) is 297 Å². The zero-order valence-electron chi connectivity index (χ0n) is 45.2. The standard InChI is InChI=1S/C76H53BN2S2/c1-76(2,3)53-46-66-74-67(47-53)79(75-57(49-24-9-5-10-25-49)33-19-34-58(75)50-26-11-6-12-27-50)65-43-41-52(56-32-21-39-71-73(56)60-30-15-18-37-69(60)81-71)45-62(65)77(74)61-44-51(55-31-20-38-70-72(55)59-29-14-17-36-68(59)80-70)40-42-64(61)78(66)63-35-16-13-28-54(63)48-22-7-4-8-23-48/h4-47H,1-3H3. The molecule has 382 valence electrons. The molecule has 0 fully saturated rings. The summed E-state index contributed by atoms with van der Waals surface area (Å²) >= 11 is 3.77. The van der Waals surface area contributed by atoms with Gasteiger partial charge in [0, 0.05) is 79.8 Å². The molecule has 2 aliphatic heterocycles. The Morgan fingerprint density at radius 2 is 0.716 bits per heavy atom. The van der Waals surface area contributed by atoms with Crippen LogP contribution in [0.2, 0.25) is 0 Å². The Kier molecular flexibility index (Phi) is 11.0. The Balaban J connectivity index is 1.06. The fraction of sp³-hybridized carbons (Fsp3) is 0.0526. The van der Waals surface area contributed by atoms with Crippen molar-refractivity contribution >= 4 is 120 Å². The minimum absolute atomic E-state index is 0.161. The summed E-state index contributed by atoms with van der Waals surface area (Å²) in [4.78, 5) is 5.29. The lowest BCUT2D eigenvalue weighted by Gasteiger charge is -2.46. The van der Waals surface area contributed by atoms with Crippen molar-refractivity contribution in [2.24, 2.45) is 0 Å². The number of benzene rings is 12. The molecule has 0 N–H and O–H groups in total. The number of rotatable bonds is 7. The maximum atomic E-state index is 2.67. The number of nitrogens with zero attached hydrogens (tertiary/aromatic N) is 2. The molecule has 2 aliphatic rings. The molecule has 2 nitrogen and oxygen atoms in total. The van der Waals surface area contributed by atoms with Gasteiger partial charge in [0.2, 0.25) is 0 Å². The van der Waals surface area contributed by atoms with Gasteiger partial charge >= 0.3 is 0 Å². The quantitative estimate of drug-likeness (QED) is 0.147. The average molecular weight is 1070 g/mol. The van der Waals surface area contributed by atoms with Crippen LogP contribution in [0.15, 0.2) is 267 Å². The predicted octanol–water partition coefficient (Wildman–Crippen LogP) is 20.1. The Bertz CT molecular complexity index is 4760. The zero-order chi connectivity index (χ0) is 53.9. The Morgan fingerprint density at radius 3 is 1.25 bits per heavy atom. The molecule has 0 amide bonds. The molecular formula is C76H53BN2S2. The SMILES string of the molecule is CC(C)(C)c1cc2c3c(c1)N(c1c(-c4ccccc4)cccc1-c1ccccc1)c1ccc(-c4cccc5sc6ccccc6c45)cc1B3c1cc(-c3cccc4sc5ccccc5c34)ccc1N2c1ccccc1-c1ccccc1. The van der Waals surface area contributed by atoms with Crippen molar-refractivity contribution in [2.75, 3.05) is 9.80 Å². The van der Waals surface area contributed by atoms with E-state index in [4.69, 9.17) is 0 Å². The van der Waals surface area contributed by atoms with Gasteiger partial charge < -0.3 is 9.80 Å². The molecule has 0 bridgehead atoms. The van der Waals surface area contributed by atoms with Crippen LogP contribution in [0.3, 0.4) is 0 Å². The molecule has 0 aliphatic carbocycles. The summed E-state index contributed by atoms with van der Waals surface area (Å²) in [6.07, 6.45) is 0. The zero-order valence-corrected chi connectivity index (χ0v) is 46.8. The van der Waals surface area contributed by atoms with Crippen molar-refractivity contribution in [1.29, 1.82) is 0 Å². The van der Waals surface area contributed by atoms with Gasteiger partial charge in [0.1, 0.15) is 0 Å². The fourth-order valence-corrected chi connectivity index (χ4v) is 15.6. The van der Waals surface area contributed by atoms with Crippen LogP contribution in [0.5, 0.6) is 0 Å². The van der Waals surface area contributed by atoms with E-state index in [9.17, 15) is 0 Å². The number of para-hydroxylation sites is 2. The third-order valence-electron chi connectivity index (χ3n) is 17.0. The lowest BCUT2D eigenvalue weighted by atomic mass is 9.33. The second kappa shape index (κ2) is 18.7. The molecular weight excluding hydrogens is 1020 g/mol. The van der Waals surface area contributed by atoms with Gasteiger partial charge in [-0.15, -0.1) is 22.7 Å². The average Bonchev–Trinajstić information content (AvgIpc) is 4.31. The number of anilines is 6. The summed E-state index contributed by atoms with van der Waals surface area (Å²) in [5.41, 5.74) is 24.0. The molecule has 0 saturated carbocycles. The molecule has 0 saturated heterocycles. The summed E-state index contributed by atoms with van der Waals surface area (Å²) in [6.45, 7) is 6.95. The largest absolute Gasteiger partial charge is 0.311 e. The molecule has 81 heavy (non-hydrogen) atoms. The fourth-order valence-electron chi connectivity index (χ4n) is 13.3. The molecule has 5 heteroatoms. The van der Waals surface area contributed by atoms with Gasteiger partial charge in [0.05, 0.1) is 11.4 Å². The third-order valence-corrected chi connectivity index (χ3v) is 19.3. The molecule has 4 heterocycles. The van der Waals surface area contributed by atoms with Crippen LogP contribution in [-0.2, 0) is 5.41 Å². The van der Waals surface area contributed by atoms with Crippen molar-refractivity contribution in [3.05, 3.63) is 272 Å². The lowest BCUT2D eigenvalue weighted by Crippen LogP contribution is -2.61. The highest BCUT2D eigenvalue weighted by Crippen LogP contribution is 2.53. The van der Waals surface area contributed by atoms with Crippen molar-refractivity contribution < 1.29 is 0 Å². The van der Waals surface area contributed by atoms with E-state index in [-0.39, 0.29) is 12.1 Å². The highest BCUT2D eigenvalue weighted by molar-refractivity contribution is 7.26. The van der Waals surface area contributed by atoms with Gasteiger partial charge in [0.25, 0.3) is 6.71 Å². The smallest absolute Gasteiger partial charge is 0.252 e. The van der Waals surface area contributed by atoms with Gasteiger partial charge in [-0.1, -0.05) is 233 Å². The molecule has 0 unspecified atom stereocenters. The summed E-state index contributed by atoms with van der Waals surface area (Å²) < 4.78 is 5.22. The monoisotopic (exact) mass is 1070 g/mol. The van der Waals surface area contributed by atoms with Crippen molar-refractivity contribution in [2.45, 2.75) is 26.2 Å². The highest BCUT2D eigenvalue weighted by atomic mass is 32.1. The van der Waals surface area contributed by atoms with Crippen LogP contribution in [0.25, 0.3) is 96.0 Å². The van der Waals surface area contributed by atoms with Crippen LogP contribution >= 0.6 is 22.7 Å². The first-order valence-electron chi connectivity index (χ1n) is 28.1. The van der Waals surface area contributed by atoms with Gasteiger partial charge in [-0.2, -0.15) is 0 Å². The maximum absolute atomic E-state index is 2.67. The number of thiophene rings is 2. The first kappa shape index (κ1) is 47.7. The lowest BCUT2D eigenvalue weighted by molar-refractivity contribution is 0.590. The highest BCUT2D eigenvalue weighted by Gasteiger charge is 2.45. The molecule has 0 spiro atoms. The minimum atomic E-state index is -0.212. The Hall–Kier alpha value is -9.26. The van der Waals surface area contributed by atoms with E-state index in [1.54, 1.807) is 0 Å². The molecule has 16 rings (SSSR count). The predicted molar refractivity (Wildman–Crippen MR) is 352 cm³/mol. The molecule has 0 radical (unpaired) electrons. The molecule has 0 atom stereocenters. The van der Waals surface area contributed by atoms with Gasteiger partial charge in [-0.25, -0.2) is 0 Å². The van der Waals surface area contributed by atoms with Crippen LogP contribution in [0.4, 0.5) is 34.1 Å². The van der Waals surface area contributed by atoms with Gasteiger partial charge in [-0.3, -0.25) is 0 Å². The van der Waals surface area contributed by atoms with Crippen molar-refractivity contribution in [3.8, 4) is 55.6 Å². The van der Waals surface area contributed by atoms with Crippen molar-refractivity contribution in [3.63, 3.8) is 0 Å². The minimum Gasteiger partial charge on any atom is -0.311 e. The summed E-state index contributed by atoms with van der Waals surface area (Å²) in [5.74, 6) is 0. The molecule has 14 aromatic rings. The maximum Gasteiger partial charge on any atom is 0.252 e. The van der Waals surface area contributed by atoms with E-state index in [1.165, 1.54) is 141 Å². The van der Waals surface area contributed by atoms with Crippen LogP contribution < -0.4 is 26.2 Å². The van der Waals surface area contributed by atoms with Gasteiger partial charge in [-0.05, 0) is 121 Å². The normalized spacial score (nSPS) is 12.8. The molecule has 12 aromatic carbocycles. The Labute approximate surface area is 481 Å². The van der Waals surface area contributed by atoms with Gasteiger partial charge in [0.15, 0.2) is 0 Å². The Morgan fingerprint density at radius 1 is 0.309 bits per heavy atom. The topological polar surface area (TPSA) is 6.48 Å². The van der Waals surface area contributed by atoms with Crippen molar-refractivity contribution in [1.82, 2.24) is 0 Å². The first-order valence-corrected chi connectivity index (χ1v) is 29.7. The number of hydrogen-bond donors (Lipinski definition) is 0. The second-order valence-electron chi connectivity index (χ2n) is 22.7.